The van der Waals surface area contributed by atoms with E-state index in [2.05, 4.69) is 9.98 Å². The van der Waals surface area contributed by atoms with Crippen molar-refractivity contribution in [3.8, 4) is 0 Å². The Balaban J connectivity index is 1.79. The van der Waals surface area contributed by atoms with Gasteiger partial charge in [0.15, 0.2) is 10.3 Å². The number of hydrogen-bond acceptors (Lipinski definition) is 4. The Bertz CT molecular complexity index is 1100. The number of halogens is 2. The van der Waals surface area contributed by atoms with E-state index in [1.165, 1.54) is 11.8 Å². The van der Waals surface area contributed by atoms with Gasteiger partial charge in [-0.2, -0.15) is 0 Å². The van der Waals surface area contributed by atoms with Gasteiger partial charge in [0.1, 0.15) is 5.69 Å². The number of nitrogens with zero attached hydrogens (tertiary/aromatic N) is 3. The number of amidine groups is 1. The zero-order valence-corrected chi connectivity index (χ0v) is 16.7. The first-order valence-electron chi connectivity index (χ1n) is 8.35. The second kappa shape index (κ2) is 8.19. The number of amides is 1. The molecule has 0 unspecified atom stereocenters. The van der Waals surface area contributed by atoms with Gasteiger partial charge in [-0.05, 0) is 59.8 Å². The van der Waals surface area contributed by atoms with E-state index in [0.29, 0.717) is 20.8 Å². The van der Waals surface area contributed by atoms with Crippen LogP contribution in [0.5, 0.6) is 0 Å². The molecular formula is C21H13Cl2N3OS. The molecule has 1 aromatic heterocycles. The van der Waals surface area contributed by atoms with Gasteiger partial charge >= 0.3 is 0 Å². The normalized spacial score (nSPS) is 16.9. The maximum absolute atomic E-state index is 13.2. The number of thioether (sulfide) groups is 1. The summed E-state index contributed by atoms with van der Waals surface area (Å²) < 4.78 is 0. The average Bonchev–Trinajstić information content (AvgIpc) is 2.99. The van der Waals surface area contributed by atoms with Crippen LogP contribution >= 0.6 is 35.0 Å². The number of anilines is 1. The van der Waals surface area contributed by atoms with Crippen LogP contribution in [0.1, 0.15) is 5.56 Å². The van der Waals surface area contributed by atoms with Crippen molar-refractivity contribution in [2.24, 2.45) is 4.99 Å². The molecule has 0 N–H and O–H groups in total. The summed E-state index contributed by atoms with van der Waals surface area (Å²) in [4.78, 5) is 23.9. The lowest BCUT2D eigenvalue weighted by Gasteiger charge is -2.15. The highest BCUT2D eigenvalue weighted by molar-refractivity contribution is 8.19. The molecule has 4 rings (SSSR count). The smallest absolute Gasteiger partial charge is 0.268 e. The van der Waals surface area contributed by atoms with Crippen molar-refractivity contribution < 1.29 is 4.79 Å². The number of pyridine rings is 1. The number of hydrogen-bond donors (Lipinski definition) is 0. The Morgan fingerprint density at radius 3 is 2.57 bits per heavy atom. The van der Waals surface area contributed by atoms with E-state index >= 15 is 0 Å². The van der Waals surface area contributed by atoms with Crippen molar-refractivity contribution in [3.63, 3.8) is 0 Å². The van der Waals surface area contributed by atoms with E-state index < -0.39 is 0 Å². The summed E-state index contributed by atoms with van der Waals surface area (Å²) in [6.07, 6.45) is 3.40. The molecule has 1 aliphatic rings. The highest BCUT2D eigenvalue weighted by atomic mass is 35.5. The summed E-state index contributed by atoms with van der Waals surface area (Å²) in [7, 11) is 0. The molecule has 0 atom stereocenters. The van der Waals surface area contributed by atoms with Gasteiger partial charge in [-0.1, -0.05) is 53.5 Å². The second-order valence-corrected chi connectivity index (χ2v) is 7.65. The molecule has 1 saturated heterocycles. The van der Waals surface area contributed by atoms with Crippen LogP contribution in [0.2, 0.25) is 10.2 Å². The third-order valence-corrected chi connectivity index (χ3v) is 5.42. The largest absolute Gasteiger partial charge is 0.271 e. The van der Waals surface area contributed by atoms with Gasteiger partial charge < -0.3 is 0 Å². The molecule has 28 heavy (non-hydrogen) atoms. The molecule has 0 radical (unpaired) electrons. The van der Waals surface area contributed by atoms with E-state index in [9.17, 15) is 4.79 Å². The fraction of sp³-hybridized carbons (Fsp3) is 0. The van der Waals surface area contributed by atoms with Crippen molar-refractivity contribution in [2.45, 2.75) is 0 Å². The zero-order valence-electron chi connectivity index (χ0n) is 14.4. The van der Waals surface area contributed by atoms with Crippen LogP contribution in [0.4, 0.5) is 11.4 Å². The summed E-state index contributed by atoms with van der Waals surface area (Å²) in [5.41, 5.74) is 2.08. The predicted octanol–water partition coefficient (Wildman–Crippen LogP) is 6.20. The van der Waals surface area contributed by atoms with Gasteiger partial charge in [0.2, 0.25) is 0 Å². The quantitative estimate of drug-likeness (QED) is 0.370. The van der Waals surface area contributed by atoms with Crippen LogP contribution in [0.15, 0.2) is 82.8 Å². The van der Waals surface area contributed by atoms with Crippen molar-refractivity contribution >= 4 is 63.5 Å². The number of benzene rings is 2. The third-order valence-electron chi connectivity index (χ3n) is 3.92. The molecule has 1 amide bonds. The Hall–Kier alpha value is -2.60. The summed E-state index contributed by atoms with van der Waals surface area (Å²) in [6, 6.07) is 20.2. The molecule has 4 nitrogen and oxygen atoms in total. The maximum Gasteiger partial charge on any atom is 0.271 e. The van der Waals surface area contributed by atoms with Gasteiger partial charge in [-0.15, -0.1) is 0 Å². The first kappa shape index (κ1) is 18.7. The van der Waals surface area contributed by atoms with Gasteiger partial charge in [-0.3, -0.25) is 9.69 Å². The van der Waals surface area contributed by atoms with E-state index in [1.54, 1.807) is 29.3 Å². The minimum absolute atomic E-state index is 0.157. The van der Waals surface area contributed by atoms with Crippen LogP contribution in [0.25, 0.3) is 6.08 Å². The predicted molar refractivity (Wildman–Crippen MR) is 117 cm³/mol. The lowest BCUT2D eigenvalue weighted by molar-refractivity contribution is -0.113. The summed E-state index contributed by atoms with van der Waals surface area (Å²) in [5, 5.41) is 1.41. The first-order chi connectivity index (χ1) is 13.6. The summed E-state index contributed by atoms with van der Waals surface area (Å²) >= 11 is 13.5. The van der Waals surface area contributed by atoms with E-state index in [1.807, 2.05) is 54.6 Å². The zero-order chi connectivity index (χ0) is 19.5. The number of carbonyl (C=O) groups excluding carboxylic acids is 1. The number of aliphatic imine (C=N–C) groups is 1. The van der Waals surface area contributed by atoms with Crippen LogP contribution in [-0.4, -0.2) is 16.1 Å². The highest BCUT2D eigenvalue weighted by Gasteiger charge is 2.34. The molecular weight excluding hydrogens is 413 g/mol. The monoisotopic (exact) mass is 425 g/mol. The molecule has 2 aromatic carbocycles. The topological polar surface area (TPSA) is 45.6 Å². The van der Waals surface area contributed by atoms with Crippen molar-refractivity contribution in [2.75, 3.05) is 4.90 Å². The van der Waals surface area contributed by atoms with Crippen molar-refractivity contribution in [1.82, 2.24) is 4.98 Å². The van der Waals surface area contributed by atoms with Crippen molar-refractivity contribution in [1.29, 1.82) is 0 Å². The van der Waals surface area contributed by atoms with Gasteiger partial charge in [-0.25, -0.2) is 9.98 Å². The first-order valence-corrected chi connectivity index (χ1v) is 9.93. The summed E-state index contributed by atoms with van der Waals surface area (Å²) in [5.74, 6) is -0.157. The molecule has 0 spiro atoms. The standard InChI is InChI=1S/C21H13Cl2N3OS/c22-15-7-4-6-14(12-15)13-18-20(27)26(16-8-2-1-3-9-16)21(28-18)25-17-10-5-11-24-19(17)23/h1-13H/b18-13-,25-21?. The Kier molecular flexibility index (Phi) is 5.48. The number of carbonyl (C=O) groups is 1. The van der Waals surface area contributed by atoms with Gasteiger partial charge in [0, 0.05) is 11.2 Å². The van der Waals surface area contributed by atoms with Crippen LogP contribution < -0.4 is 4.90 Å². The fourth-order valence-corrected chi connectivity index (χ4v) is 4.02. The number of rotatable bonds is 3. The van der Waals surface area contributed by atoms with Crippen LogP contribution in [-0.2, 0) is 4.79 Å². The molecule has 0 saturated carbocycles. The molecule has 7 heteroatoms. The molecule has 0 bridgehead atoms. The second-order valence-electron chi connectivity index (χ2n) is 5.85. The molecule has 2 heterocycles. The Morgan fingerprint density at radius 2 is 1.82 bits per heavy atom. The van der Waals surface area contributed by atoms with Crippen LogP contribution in [0, 0.1) is 0 Å². The maximum atomic E-state index is 13.2. The van der Waals surface area contributed by atoms with Crippen molar-refractivity contribution in [3.05, 3.63) is 93.6 Å². The van der Waals surface area contributed by atoms with Gasteiger partial charge in [0.25, 0.3) is 5.91 Å². The minimum atomic E-state index is -0.157. The molecule has 3 aromatic rings. The molecule has 0 aliphatic carbocycles. The minimum Gasteiger partial charge on any atom is -0.268 e. The van der Waals surface area contributed by atoms with E-state index in [4.69, 9.17) is 23.2 Å². The molecule has 138 valence electrons. The Morgan fingerprint density at radius 1 is 1.00 bits per heavy atom. The SMILES string of the molecule is O=C1/C(=C/c2cccc(Cl)c2)SC(=Nc2cccnc2Cl)N1c1ccccc1. The van der Waals surface area contributed by atoms with E-state index in [0.717, 1.165) is 11.3 Å². The number of para-hydroxylation sites is 1. The fourth-order valence-electron chi connectivity index (χ4n) is 2.67. The van der Waals surface area contributed by atoms with E-state index in [-0.39, 0.29) is 11.1 Å². The Labute approximate surface area is 176 Å². The van der Waals surface area contributed by atoms with Gasteiger partial charge in [0.05, 0.1) is 10.6 Å². The van der Waals surface area contributed by atoms with Crippen LogP contribution in [0.3, 0.4) is 0 Å². The summed E-state index contributed by atoms with van der Waals surface area (Å²) in [6.45, 7) is 0. The molecule has 1 aliphatic heterocycles. The lowest BCUT2D eigenvalue weighted by atomic mass is 10.2. The molecule has 1 fully saturated rings. The number of aromatic nitrogens is 1. The highest BCUT2D eigenvalue weighted by Crippen LogP contribution is 2.38. The average molecular weight is 426 g/mol. The third kappa shape index (κ3) is 3.97. The lowest BCUT2D eigenvalue weighted by Crippen LogP contribution is -2.28.